The van der Waals surface area contributed by atoms with Gasteiger partial charge in [-0.1, -0.05) is 54.9 Å². The van der Waals surface area contributed by atoms with E-state index in [1.54, 1.807) is 6.07 Å². The van der Waals surface area contributed by atoms with Crippen LogP contribution in [0.2, 0.25) is 5.02 Å². The Morgan fingerprint density at radius 1 is 1.21 bits per heavy atom. The molecule has 0 saturated carbocycles. The summed E-state index contributed by atoms with van der Waals surface area (Å²) in [6.45, 7) is 1.88. The summed E-state index contributed by atoms with van der Waals surface area (Å²) in [6, 6.07) is 14.0. The van der Waals surface area contributed by atoms with Crippen LogP contribution in [0.1, 0.15) is 24.0 Å². The normalized spacial score (nSPS) is 12.2. The lowest BCUT2D eigenvalue weighted by atomic mass is 9.93. The van der Waals surface area contributed by atoms with Gasteiger partial charge in [-0.2, -0.15) is 0 Å². The van der Waals surface area contributed by atoms with Gasteiger partial charge in [0.25, 0.3) is 0 Å². The molecule has 0 aromatic heterocycles. The Labute approximate surface area is 117 Å². The van der Waals surface area contributed by atoms with Crippen LogP contribution in [-0.4, -0.2) is 5.78 Å². The Morgan fingerprint density at radius 3 is 2.53 bits per heavy atom. The lowest BCUT2D eigenvalue weighted by molar-refractivity contribution is -0.119. The minimum Gasteiger partial charge on any atom is -0.299 e. The molecule has 3 heteroatoms. The quantitative estimate of drug-likeness (QED) is 0.809. The highest BCUT2D eigenvalue weighted by Gasteiger charge is 2.15. The van der Waals surface area contributed by atoms with Crippen LogP contribution in [0.5, 0.6) is 0 Å². The van der Waals surface area contributed by atoms with Crippen molar-refractivity contribution in [2.24, 2.45) is 0 Å². The third-order valence-electron chi connectivity index (χ3n) is 3.14. The third-order valence-corrected chi connectivity index (χ3v) is 3.43. The minimum atomic E-state index is -0.464. The van der Waals surface area contributed by atoms with Crippen LogP contribution in [0.15, 0.2) is 48.5 Å². The molecule has 0 amide bonds. The molecule has 0 N–H and O–H groups in total. The molecular formula is C16H14ClFO. The summed E-state index contributed by atoms with van der Waals surface area (Å²) in [5, 5.41) is 0.0534. The number of hydrogen-bond acceptors (Lipinski definition) is 1. The molecule has 0 heterocycles. The molecule has 2 aromatic rings. The van der Waals surface area contributed by atoms with Gasteiger partial charge in [-0.3, -0.25) is 4.79 Å². The average molecular weight is 277 g/mol. The number of benzene rings is 2. The molecule has 19 heavy (non-hydrogen) atoms. The maximum Gasteiger partial charge on any atom is 0.144 e. The lowest BCUT2D eigenvalue weighted by Gasteiger charge is -2.11. The first kappa shape index (κ1) is 13.8. The zero-order chi connectivity index (χ0) is 13.8. The highest BCUT2D eigenvalue weighted by Crippen LogP contribution is 2.20. The van der Waals surface area contributed by atoms with E-state index in [1.807, 2.05) is 37.3 Å². The fourth-order valence-electron chi connectivity index (χ4n) is 1.93. The van der Waals surface area contributed by atoms with E-state index in [0.29, 0.717) is 0 Å². The van der Waals surface area contributed by atoms with Crippen LogP contribution in [0.4, 0.5) is 4.39 Å². The predicted molar refractivity (Wildman–Crippen MR) is 75.0 cm³/mol. The molecule has 1 nitrogen and oxygen atoms in total. The first-order chi connectivity index (χ1) is 9.08. The van der Waals surface area contributed by atoms with Crippen LogP contribution in [0.3, 0.4) is 0 Å². The smallest absolute Gasteiger partial charge is 0.144 e. The largest absolute Gasteiger partial charge is 0.299 e. The van der Waals surface area contributed by atoms with E-state index in [4.69, 9.17) is 11.6 Å². The van der Waals surface area contributed by atoms with Crippen molar-refractivity contribution in [3.8, 4) is 0 Å². The van der Waals surface area contributed by atoms with Crippen molar-refractivity contribution in [3.63, 3.8) is 0 Å². The van der Waals surface area contributed by atoms with Gasteiger partial charge in [0.2, 0.25) is 0 Å². The van der Waals surface area contributed by atoms with E-state index in [2.05, 4.69) is 0 Å². The van der Waals surface area contributed by atoms with Crippen molar-refractivity contribution < 1.29 is 9.18 Å². The zero-order valence-electron chi connectivity index (χ0n) is 10.6. The van der Waals surface area contributed by atoms with Gasteiger partial charge >= 0.3 is 0 Å². The average Bonchev–Trinajstić information content (AvgIpc) is 2.43. The SMILES string of the molecule is CC(C(=O)Cc1ccc(F)c(Cl)c1)c1ccccc1. The van der Waals surface area contributed by atoms with Crippen molar-refractivity contribution in [2.75, 3.05) is 0 Å². The predicted octanol–water partition coefficient (Wildman–Crippen LogP) is 4.39. The summed E-state index contributed by atoms with van der Waals surface area (Å²) < 4.78 is 13.0. The van der Waals surface area contributed by atoms with E-state index in [9.17, 15) is 9.18 Å². The Hall–Kier alpha value is -1.67. The van der Waals surface area contributed by atoms with Gasteiger partial charge in [-0.05, 0) is 23.3 Å². The second-order valence-electron chi connectivity index (χ2n) is 4.52. The lowest BCUT2D eigenvalue weighted by Crippen LogP contribution is -2.12. The van der Waals surface area contributed by atoms with E-state index in [0.717, 1.165) is 11.1 Å². The Kier molecular flexibility index (Phi) is 4.33. The minimum absolute atomic E-state index is 0.0534. The molecule has 0 bridgehead atoms. The molecule has 2 aromatic carbocycles. The first-order valence-corrected chi connectivity index (χ1v) is 6.47. The fraction of sp³-hybridized carbons (Fsp3) is 0.188. The Bertz CT molecular complexity index is 581. The van der Waals surface area contributed by atoms with Crippen LogP contribution in [-0.2, 0) is 11.2 Å². The van der Waals surface area contributed by atoms with E-state index < -0.39 is 5.82 Å². The zero-order valence-corrected chi connectivity index (χ0v) is 11.3. The molecule has 0 aliphatic heterocycles. The Morgan fingerprint density at radius 2 is 1.89 bits per heavy atom. The van der Waals surface area contributed by atoms with E-state index in [1.165, 1.54) is 12.1 Å². The molecule has 0 fully saturated rings. The number of halogens is 2. The first-order valence-electron chi connectivity index (χ1n) is 6.09. The van der Waals surface area contributed by atoms with Gasteiger partial charge in [0, 0.05) is 12.3 Å². The maximum absolute atomic E-state index is 13.0. The van der Waals surface area contributed by atoms with Crippen molar-refractivity contribution in [1.29, 1.82) is 0 Å². The van der Waals surface area contributed by atoms with Crippen molar-refractivity contribution in [2.45, 2.75) is 19.3 Å². The van der Waals surface area contributed by atoms with Gasteiger partial charge in [0.05, 0.1) is 5.02 Å². The van der Waals surface area contributed by atoms with Crippen LogP contribution in [0.25, 0.3) is 0 Å². The Balaban J connectivity index is 2.10. The van der Waals surface area contributed by atoms with Gasteiger partial charge in [-0.15, -0.1) is 0 Å². The van der Waals surface area contributed by atoms with Gasteiger partial charge in [0.15, 0.2) is 0 Å². The van der Waals surface area contributed by atoms with Crippen molar-refractivity contribution >= 4 is 17.4 Å². The van der Waals surface area contributed by atoms with Crippen LogP contribution >= 0.6 is 11.6 Å². The van der Waals surface area contributed by atoms with Crippen LogP contribution in [0, 0.1) is 5.82 Å². The van der Waals surface area contributed by atoms with Gasteiger partial charge in [-0.25, -0.2) is 4.39 Å². The van der Waals surface area contributed by atoms with Crippen molar-refractivity contribution in [1.82, 2.24) is 0 Å². The summed E-state index contributed by atoms with van der Waals surface area (Å²) in [6.07, 6.45) is 0.260. The molecule has 0 aliphatic rings. The maximum atomic E-state index is 13.0. The topological polar surface area (TPSA) is 17.1 Å². The number of Topliss-reactive ketones (excluding diaryl/α,β-unsaturated/α-hetero) is 1. The van der Waals surface area contributed by atoms with Gasteiger partial charge < -0.3 is 0 Å². The number of carbonyl (C=O) groups excluding carboxylic acids is 1. The van der Waals surface area contributed by atoms with Crippen LogP contribution < -0.4 is 0 Å². The number of rotatable bonds is 4. The number of carbonyl (C=O) groups is 1. The highest BCUT2D eigenvalue weighted by molar-refractivity contribution is 6.30. The summed E-state index contributed by atoms with van der Waals surface area (Å²) in [7, 11) is 0. The second-order valence-corrected chi connectivity index (χ2v) is 4.93. The molecule has 0 radical (unpaired) electrons. The fourth-order valence-corrected chi connectivity index (χ4v) is 2.13. The molecular weight excluding hydrogens is 263 g/mol. The van der Waals surface area contributed by atoms with E-state index in [-0.39, 0.29) is 23.1 Å². The second kappa shape index (κ2) is 5.98. The standard InChI is InChI=1S/C16H14ClFO/c1-11(13-5-3-2-4-6-13)16(19)10-12-7-8-15(18)14(17)9-12/h2-9,11H,10H2,1H3. The summed E-state index contributed by atoms with van der Waals surface area (Å²) in [4.78, 5) is 12.2. The molecule has 2 rings (SSSR count). The molecule has 0 spiro atoms. The molecule has 0 aliphatic carbocycles. The van der Waals surface area contributed by atoms with Crippen molar-refractivity contribution in [3.05, 3.63) is 70.5 Å². The summed E-state index contributed by atoms with van der Waals surface area (Å²) >= 11 is 5.71. The summed E-state index contributed by atoms with van der Waals surface area (Å²) in [5.41, 5.74) is 1.72. The van der Waals surface area contributed by atoms with E-state index >= 15 is 0 Å². The number of hydrogen-bond donors (Lipinski definition) is 0. The molecule has 0 saturated heterocycles. The highest BCUT2D eigenvalue weighted by atomic mass is 35.5. The monoisotopic (exact) mass is 276 g/mol. The molecule has 1 unspecified atom stereocenters. The molecule has 1 atom stereocenters. The van der Waals surface area contributed by atoms with Gasteiger partial charge in [0.1, 0.15) is 11.6 Å². The molecule has 98 valence electrons. The summed E-state index contributed by atoms with van der Waals surface area (Å²) in [5.74, 6) is -0.548. The third kappa shape index (κ3) is 3.42. The number of ketones is 1.